The third kappa shape index (κ3) is 2.90. The third-order valence-electron chi connectivity index (χ3n) is 2.19. The van der Waals surface area contributed by atoms with Gasteiger partial charge in [0.25, 0.3) is 0 Å². The quantitative estimate of drug-likeness (QED) is 0.898. The molecule has 0 saturated carbocycles. The van der Waals surface area contributed by atoms with Crippen molar-refractivity contribution in [2.45, 2.75) is 33.4 Å². The molecule has 0 fully saturated rings. The monoisotopic (exact) mass is 252 g/mol. The van der Waals surface area contributed by atoms with Crippen molar-refractivity contribution >= 4 is 22.7 Å². The van der Waals surface area contributed by atoms with Crippen LogP contribution < -0.4 is 5.32 Å². The second kappa shape index (κ2) is 5.08. The van der Waals surface area contributed by atoms with Gasteiger partial charge >= 0.3 is 0 Å². The van der Waals surface area contributed by atoms with E-state index in [4.69, 9.17) is 0 Å². The summed E-state index contributed by atoms with van der Waals surface area (Å²) in [5.41, 5.74) is 1.14. The van der Waals surface area contributed by atoms with Crippen LogP contribution >= 0.6 is 22.7 Å². The molecule has 2 aromatic heterocycles. The molecule has 16 heavy (non-hydrogen) atoms. The number of hydrogen-bond donors (Lipinski definition) is 1. The van der Waals surface area contributed by atoms with E-state index in [1.165, 1.54) is 9.75 Å². The lowest BCUT2D eigenvalue weighted by Gasteiger charge is -2.04. The minimum atomic E-state index is 0.508. The van der Waals surface area contributed by atoms with Gasteiger partial charge < -0.3 is 5.32 Å². The molecule has 0 amide bonds. The van der Waals surface area contributed by atoms with Gasteiger partial charge in [-0.05, 0) is 19.1 Å². The highest BCUT2D eigenvalue weighted by Gasteiger charge is 2.06. The zero-order chi connectivity index (χ0) is 11.5. The fraction of sp³-hybridized carbons (Fsp3) is 0.417. The van der Waals surface area contributed by atoms with Crippen LogP contribution in [0.2, 0.25) is 0 Å². The lowest BCUT2D eigenvalue weighted by atomic mass is 10.3. The number of nitrogens with one attached hydrogen (secondary N) is 1. The van der Waals surface area contributed by atoms with Crippen molar-refractivity contribution in [1.29, 1.82) is 0 Å². The number of hydrogen-bond acceptors (Lipinski definition) is 4. The number of aryl methyl sites for hydroxylation is 1. The topological polar surface area (TPSA) is 24.9 Å². The van der Waals surface area contributed by atoms with E-state index >= 15 is 0 Å². The van der Waals surface area contributed by atoms with Crippen LogP contribution in [-0.4, -0.2) is 11.0 Å². The summed E-state index contributed by atoms with van der Waals surface area (Å²) in [7, 11) is 0. The van der Waals surface area contributed by atoms with E-state index in [9.17, 15) is 0 Å². The molecule has 0 bridgehead atoms. The van der Waals surface area contributed by atoms with Crippen molar-refractivity contribution < 1.29 is 0 Å². The molecule has 0 radical (unpaired) electrons. The first-order valence-electron chi connectivity index (χ1n) is 5.40. The maximum atomic E-state index is 4.63. The Kier molecular flexibility index (Phi) is 3.74. The number of nitrogens with zero attached hydrogens (tertiary/aromatic N) is 1. The fourth-order valence-corrected chi connectivity index (χ4v) is 3.12. The van der Waals surface area contributed by atoms with E-state index in [1.54, 1.807) is 22.7 Å². The Morgan fingerprint density at radius 3 is 2.81 bits per heavy atom. The highest BCUT2D eigenvalue weighted by molar-refractivity contribution is 7.21. The van der Waals surface area contributed by atoms with Gasteiger partial charge in [0.15, 0.2) is 0 Å². The van der Waals surface area contributed by atoms with Crippen LogP contribution in [0, 0.1) is 6.92 Å². The molecule has 2 rings (SSSR count). The summed E-state index contributed by atoms with van der Waals surface area (Å²) in [5.74, 6) is 0. The maximum Gasteiger partial charge on any atom is 0.133 e. The molecule has 2 nitrogen and oxygen atoms in total. The van der Waals surface area contributed by atoms with Crippen LogP contribution in [-0.2, 0) is 6.54 Å². The molecular formula is C12H16N2S2. The zero-order valence-corrected chi connectivity index (χ0v) is 11.4. The number of aromatic nitrogens is 1. The summed E-state index contributed by atoms with van der Waals surface area (Å²) in [6.07, 6.45) is 0. The molecule has 0 aliphatic carbocycles. The van der Waals surface area contributed by atoms with Crippen molar-refractivity contribution in [2.75, 3.05) is 0 Å². The summed E-state index contributed by atoms with van der Waals surface area (Å²) < 4.78 is 0. The summed E-state index contributed by atoms with van der Waals surface area (Å²) in [5, 5.41) is 6.66. The van der Waals surface area contributed by atoms with Crippen LogP contribution in [0.1, 0.15) is 24.4 Å². The molecule has 0 aliphatic rings. The second-order valence-corrected chi connectivity index (χ2v) is 6.24. The third-order valence-corrected chi connectivity index (χ3v) is 4.26. The van der Waals surface area contributed by atoms with Gasteiger partial charge in [-0.1, -0.05) is 13.8 Å². The van der Waals surface area contributed by atoms with Crippen molar-refractivity contribution in [2.24, 2.45) is 0 Å². The molecule has 0 aromatic carbocycles. The average Bonchev–Trinajstić information content (AvgIpc) is 2.83. The van der Waals surface area contributed by atoms with E-state index in [0.717, 1.165) is 17.2 Å². The van der Waals surface area contributed by atoms with Crippen LogP contribution in [0.15, 0.2) is 17.5 Å². The van der Waals surface area contributed by atoms with E-state index in [-0.39, 0.29) is 0 Å². The molecule has 2 heterocycles. The molecule has 4 heteroatoms. The molecular weight excluding hydrogens is 236 g/mol. The lowest BCUT2D eigenvalue weighted by molar-refractivity contribution is 0.583. The summed E-state index contributed by atoms with van der Waals surface area (Å²) in [6.45, 7) is 7.29. The van der Waals surface area contributed by atoms with E-state index in [0.29, 0.717) is 6.04 Å². The molecule has 0 atom stereocenters. The summed E-state index contributed by atoms with van der Waals surface area (Å²) in [4.78, 5) is 7.25. The number of thiophene rings is 1. The maximum absolute atomic E-state index is 4.63. The van der Waals surface area contributed by atoms with Crippen molar-refractivity contribution in [3.63, 3.8) is 0 Å². The molecule has 0 unspecified atom stereocenters. The smallest absolute Gasteiger partial charge is 0.133 e. The minimum absolute atomic E-state index is 0.508. The standard InChI is InChI=1S/C12H16N2S2/c1-8(2)13-6-10-7-15-12(14-10)11-5-4-9(3)16-11/h4-5,7-8,13H,6H2,1-3H3. The van der Waals surface area contributed by atoms with Gasteiger partial charge in [-0.15, -0.1) is 22.7 Å². The first-order chi connectivity index (χ1) is 7.65. The minimum Gasteiger partial charge on any atom is -0.309 e. The Bertz CT molecular complexity index is 457. The van der Waals surface area contributed by atoms with Crippen molar-refractivity contribution in [3.8, 4) is 9.88 Å². The second-order valence-electron chi connectivity index (χ2n) is 4.09. The first kappa shape index (κ1) is 11.8. The summed E-state index contributed by atoms with van der Waals surface area (Å²) >= 11 is 3.53. The Morgan fingerprint density at radius 1 is 1.38 bits per heavy atom. The molecule has 0 spiro atoms. The van der Waals surface area contributed by atoms with Gasteiger partial charge in [0.05, 0.1) is 10.6 Å². The zero-order valence-electron chi connectivity index (χ0n) is 9.78. The number of rotatable bonds is 4. The predicted molar refractivity (Wildman–Crippen MR) is 72.1 cm³/mol. The van der Waals surface area contributed by atoms with Crippen molar-refractivity contribution in [3.05, 3.63) is 28.1 Å². The van der Waals surface area contributed by atoms with Crippen LogP contribution in [0.3, 0.4) is 0 Å². The molecule has 86 valence electrons. The Morgan fingerprint density at radius 2 is 2.19 bits per heavy atom. The van der Waals surface area contributed by atoms with Gasteiger partial charge in [-0.25, -0.2) is 4.98 Å². The number of thiazole rings is 1. The van der Waals surface area contributed by atoms with E-state index < -0.39 is 0 Å². The Labute approximate surface area is 104 Å². The highest BCUT2D eigenvalue weighted by atomic mass is 32.1. The van der Waals surface area contributed by atoms with E-state index in [2.05, 4.69) is 48.6 Å². The van der Waals surface area contributed by atoms with Crippen LogP contribution in [0.25, 0.3) is 9.88 Å². The summed E-state index contributed by atoms with van der Waals surface area (Å²) in [6, 6.07) is 4.81. The van der Waals surface area contributed by atoms with Gasteiger partial charge in [0.1, 0.15) is 5.01 Å². The van der Waals surface area contributed by atoms with Gasteiger partial charge in [-0.2, -0.15) is 0 Å². The first-order valence-corrected chi connectivity index (χ1v) is 7.09. The fourth-order valence-electron chi connectivity index (χ4n) is 1.36. The Balaban J connectivity index is 2.07. The van der Waals surface area contributed by atoms with Gasteiger partial charge in [0.2, 0.25) is 0 Å². The molecule has 0 aliphatic heterocycles. The molecule has 1 N–H and O–H groups in total. The average molecular weight is 252 g/mol. The highest BCUT2D eigenvalue weighted by Crippen LogP contribution is 2.30. The van der Waals surface area contributed by atoms with Gasteiger partial charge in [0, 0.05) is 22.8 Å². The molecule has 2 aromatic rings. The normalized spacial score (nSPS) is 11.2. The SMILES string of the molecule is Cc1ccc(-c2nc(CNC(C)C)cs2)s1. The Hall–Kier alpha value is -0.710. The van der Waals surface area contributed by atoms with Crippen molar-refractivity contribution in [1.82, 2.24) is 10.3 Å². The van der Waals surface area contributed by atoms with Crippen LogP contribution in [0.4, 0.5) is 0 Å². The van der Waals surface area contributed by atoms with E-state index in [1.807, 2.05) is 0 Å². The lowest BCUT2D eigenvalue weighted by Crippen LogP contribution is -2.21. The predicted octanol–water partition coefficient (Wildman–Crippen LogP) is 3.68. The molecule has 0 saturated heterocycles. The largest absolute Gasteiger partial charge is 0.309 e. The van der Waals surface area contributed by atoms with Gasteiger partial charge in [-0.3, -0.25) is 0 Å². The van der Waals surface area contributed by atoms with Crippen LogP contribution in [0.5, 0.6) is 0 Å².